The van der Waals surface area contributed by atoms with Crippen molar-refractivity contribution >= 4 is 51.1 Å². The molecule has 0 bridgehead atoms. The predicted octanol–water partition coefficient (Wildman–Crippen LogP) is 5.04. The van der Waals surface area contributed by atoms with Crippen molar-refractivity contribution in [2.45, 2.75) is 25.5 Å². The minimum atomic E-state index is -0.636. The molecule has 2 aromatic carbocycles. The fraction of sp³-hybridized carbons (Fsp3) is 0.227. The number of non-ortho nitro benzene ring substituents is 1. The quantitative estimate of drug-likeness (QED) is 0.351. The van der Waals surface area contributed by atoms with Crippen LogP contribution in [-0.2, 0) is 16.1 Å². The van der Waals surface area contributed by atoms with E-state index in [1.165, 1.54) is 28.4 Å². The van der Waals surface area contributed by atoms with E-state index in [9.17, 15) is 19.7 Å². The van der Waals surface area contributed by atoms with Crippen LogP contribution in [0.25, 0.3) is 11.3 Å². The average molecular weight is 533 g/mol. The minimum absolute atomic E-state index is 0. The lowest BCUT2D eigenvalue weighted by Crippen LogP contribution is -2.43. The molecule has 9 nitrogen and oxygen atoms in total. The molecule has 4 rings (SSSR count). The van der Waals surface area contributed by atoms with E-state index in [0.29, 0.717) is 35.8 Å². The molecule has 0 spiro atoms. The van der Waals surface area contributed by atoms with E-state index in [2.05, 4.69) is 10.3 Å². The van der Waals surface area contributed by atoms with E-state index in [4.69, 9.17) is 4.74 Å². The highest BCUT2D eigenvalue weighted by Gasteiger charge is 2.35. The SMILES string of the molecule is Br.O=C(Nc1nc(-c2cccc([N+](=O)[O-])c2)cs1)[C@@H]1CCCN1C(=O)OCc1ccccc1. The van der Waals surface area contributed by atoms with E-state index < -0.39 is 17.1 Å². The summed E-state index contributed by atoms with van der Waals surface area (Å²) in [5, 5.41) is 15.8. The molecule has 1 aromatic heterocycles. The molecule has 1 saturated heterocycles. The number of amides is 2. The van der Waals surface area contributed by atoms with Gasteiger partial charge in [0.25, 0.3) is 5.69 Å². The van der Waals surface area contributed by atoms with Crippen LogP contribution in [0.5, 0.6) is 0 Å². The Labute approximate surface area is 204 Å². The monoisotopic (exact) mass is 532 g/mol. The van der Waals surface area contributed by atoms with Crippen LogP contribution in [0.1, 0.15) is 18.4 Å². The van der Waals surface area contributed by atoms with Crippen LogP contribution >= 0.6 is 28.3 Å². The number of aromatic nitrogens is 1. The summed E-state index contributed by atoms with van der Waals surface area (Å²) in [6.07, 6.45) is 0.716. The molecule has 0 aliphatic carbocycles. The number of nitro benzene ring substituents is 1. The van der Waals surface area contributed by atoms with Gasteiger partial charge in [-0.15, -0.1) is 28.3 Å². The Morgan fingerprint density at radius 3 is 2.76 bits per heavy atom. The zero-order valence-corrected chi connectivity index (χ0v) is 19.9. The number of rotatable bonds is 6. The Kier molecular flexibility index (Phi) is 8.12. The molecule has 0 radical (unpaired) electrons. The summed E-state index contributed by atoms with van der Waals surface area (Å²) >= 11 is 1.22. The molecular weight excluding hydrogens is 512 g/mol. The molecule has 1 atom stereocenters. The molecule has 33 heavy (non-hydrogen) atoms. The number of nitrogens with zero attached hydrogens (tertiary/aromatic N) is 3. The Morgan fingerprint density at radius 1 is 1.21 bits per heavy atom. The van der Waals surface area contributed by atoms with Crippen molar-refractivity contribution in [3.05, 3.63) is 75.7 Å². The van der Waals surface area contributed by atoms with Gasteiger partial charge in [-0.05, 0) is 18.4 Å². The number of thiazole rings is 1. The van der Waals surface area contributed by atoms with Crippen LogP contribution in [0.15, 0.2) is 60.0 Å². The topological polar surface area (TPSA) is 115 Å². The van der Waals surface area contributed by atoms with Gasteiger partial charge < -0.3 is 10.1 Å². The van der Waals surface area contributed by atoms with Gasteiger partial charge in [0.05, 0.1) is 10.6 Å². The van der Waals surface area contributed by atoms with Crippen LogP contribution < -0.4 is 5.32 Å². The van der Waals surface area contributed by atoms with Gasteiger partial charge >= 0.3 is 6.09 Å². The normalized spacial score (nSPS) is 14.9. The lowest BCUT2D eigenvalue weighted by atomic mass is 10.1. The first-order chi connectivity index (χ1) is 15.5. The number of anilines is 1. The maximum absolute atomic E-state index is 12.8. The van der Waals surface area contributed by atoms with Crippen LogP contribution in [0.4, 0.5) is 15.6 Å². The number of nitrogens with one attached hydrogen (secondary N) is 1. The van der Waals surface area contributed by atoms with Crippen molar-refractivity contribution in [2.75, 3.05) is 11.9 Å². The third-order valence-corrected chi connectivity index (χ3v) is 5.84. The zero-order chi connectivity index (χ0) is 22.5. The third kappa shape index (κ3) is 5.93. The van der Waals surface area contributed by atoms with E-state index in [1.807, 2.05) is 30.3 Å². The van der Waals surface area contributed by atoms with Gasteiger partial charge in [-0.3, -0.25) is 19.8 Å². The molecule has 11 heteroatoms. The van der Waals surface area contributed by atoms with Gasteiger partial charge in [0, 0.05) is 29.6 Å². The fourth-order valence-corrected chi connectivity index (χ4v) is 4.21. The molecule has 1 aliphatic heterocycles. The van der Waals surface area contributed by atoms with E-state index >= 15 is 0 Å². The van der Waals surface area contributed by atoms with Gasteiger partial charge in [-0.25, -0.2) is 9.78 Å². The summed E-state index contributed by atoms with van der Waals surface area (Å²) in [6.45, 7) is 0.589. The summed E-state index contributed by atoms with van der Waals surface area (Å²) in [5.41, 5.74) is 1.96. The second kappa shape index (κ2) is 11.0. The number of likely N-dealkylation sites (tertiary alicyclic amines) is 1. The lowest BCUT2D eigenvalue weighted by molar-refractivity contribution is -0.384. The minimum Gasteiger partial charge on any atom is -0.445 e. The predicted molar refractivity (Wildman–Crippen MR) is 130 cm³/mol. The number of nitro groups is 1. The third-order valence-electron chi connectivity index (χ3n) is 5.08. The van der Waals surface area contributed by atoms with Crippen LogP contribution in [0, 0.1) is 10.1 Å². The van der Waals surface area contributed by atoms with Crippen LogP contribution in [0.2, 0.25) is 0 Å². The lowest BCUT2D eigenvalue weighted by Gasteiger charge is -2.22. The van der Waals surface area contributed by atoms with Crippen LogP contribution in [0.3, 0.4) is 0 Å². The molecule has 1 N–H and O–H groups in total. The zero-order valence-electron chi connectivity index (χ0n) is 17.4. The van der Waals surface area contributed by atoms with Crippen molar-refractivity contribution in [1.29, 1.82) is 0 Å². The van der Waals surface area contributed by atoms with Crippen LogP contribution in [-0.4, -0.2) is 39.4 Å². The molecular formula is C22H21BrN4O5S. The number of halogens is 1. The standard InChI is InChI=1S/C22H20N4O5S.BrH/c27-20(19-10-5-11-25(19)22(28)31-13-15-6-2-1-3-7-15)24-21-23-18(14-32-21)16-8-4-9-17(12-16)26(29)30;/h1-4,6-9,12,14,19H,5,10-11,13H2,(H,23,24,27);1H/t19-;/m0./s1. The number of hydrogen-bond donors (Lipinski definition) is 1. The number of carbonyl (C=O) groups is 2. The average Bonchev–Trinajstić information content (AvgIpc) is 3.48. The van der Waals surface area contributed by atoms with Crippen molar-refractivity contribution in [3.8, 4) is 11.3 Å². The second-order valence-electron chi connectivity index (χ2n) is 7.23. The van der Waals surface area contributed by atoms with Gasteiger partial charge in [0.2, 0.25) is 5.91 Å². The summed E-state index contributed by atoms with van der Waals surface area (Å²) < 4.78 is 5.37. The van der Waals surface area contributed by atoms with E-state index in [1.54, 1.807) is 17.5 Å². The molecule has 3 aromatic rings. The Bertz CT molecular complexity index is 1140. The molecule has 0 unspecified atom stereocenters. The Balaban J connectivity index is 0.00000306. The smallest absolute Gasteiger partial charge is 0.410 e. The van der Waals surface area contributed by atoms with Crippen molar-refractivity contribution < 1.29 is 19.2 Å². The number of benzene rings is 2. The highest BCUT2D eigenvalue weighted by molar-refractivity contribution is 8.93. The highest BCUT2D eigenvalue weighted by Crippen LogP contribution is 2.28. The summed E-state index contributed by atoms with van der Waals surface area (Å²) in [5.74, 6) is -0.334. The van der Waals surface area contributed by atoms with Crippen molar-refractivity contribution in [3.63, 3.8) is 0 Å². The van der Waals surface area contributed by atoms with Crippen molar-refractivity contribution in [2.24, 2.45) is 0 Å². The Morgan fingerprint density at radius 2 is 2.00 bits per heavy atom. The maximum Gasteiger partial charge on any atom is 0.410 e. The first-order valence-corrected chi connectivity index (χ1v) is 10.9. The van der Waals surface area contributed by atoms with Gasteiger partial charge in [0.15, 0.2) is 5.13 Å². The first kappa shape index (κ1) is 24.3. The maximum atomic E-state index is 12.8. The largest absolute Gasteiger partial charge is 0.445 e. The Hall–Kier alpha value is -3.31. The van der Waals surface area contributed by atoms with E-state index in [-0.39, 0.29) is 35.2 Å². The number of hydrogen-bond acceptors (Lipinski definition) is 7. The van der Waals surface area contributed by atoms with Crippen molar-refractivity contribution in [1.82, 2.24) is 9.88 Å². The molecule has 2 amide bonds. The van der Waals surface area contributed by atoms with Gasteiger partial charge in [-0.2, -0.15) is 0 Å². The molecule has 1 aliphatic rings. The molecule has 172 valence electrons. The highest BCUT2D eigenvalue weighted by atomic mass is 79.9. The summed E-state index contributed by atoms with van der Waals surface area (Å²) in [4.78, 5) is 41.6. The van der Waals surface area contributed by atoms with Gasteiger partial charge in [-0.1, -0.05) is 42.5 Å². The molecule has 2 heterocycles. The summed E-state index contributed by atoms with van der Waals surface area (Å²) in [7, 11) is 0. The fourth-order valence-electron chi connectivity index (χ4n) is 3.49. The van der Waals surface area contributed by atoms with E-state index in [0.717, 1.165) is 5.56 Å². The first-order valence-electron chi connectivity index (χ1n) is 10.00. The molecule has 1 fully saturated rings. The number of ether oxygens (including phenoxy) is 1. The summed E-state index contributed by atoms with van der Waals surface area (Å²) in [6, 6.07) is 14.9. The van der Waals surface area contributed by atoms with Gasteiger partial charge in [0.1, 0.15) is 12.6 Å². The second-order valence-corrected chi connectivity index (χ2v) is 8.08. The molecule has 0 saturated carbocycles. The number of carbonyl (C=O) groups excluding carboxylic acids is 2.